The maximum absolute atomic E-state index is 12.1. The molecule has 2 heterocycles. The van der Waals surface area contributed by atoms with Crippen molar-refractivity contribution in [2.75, 3.05) is 0 Å². The highest BCUT2D eigenvalue weighted by Gasteiger charge is 2.19. The van der Waals surface area contributed by atoms with E-state index in [-0.39, 0.29) is 18.7 Å². The number of rotatable bonds is 7. The first-order valence-corrected chi connectivity index (χ1v) is 8.32. The average Bonchev–Trinajstić information content (AvgIpc) is 3.08. The zero-order valence-corrected chi connectivity index (χ0v) is 13.2. The molecule has 5 nitrogen and oxygen atoms in total. The molecule has 0 saturated carbocycles. The fraction of sp³-hybridized carbons (Fsp3) is 0.357. The molecule has 0 saturated heterocycles. The van der Waals surface area contributed by atoms with Crippen molar-refractivity contribution in [2.24, 2.45) is 0 Å². The van der Waals surface area contributed by atoms with Crippen LogP contribution in [-0.4, -0.2) is 22.0 Å². The summed E-state index contributed by atoms with van der Waals surface area (Å²) >= 11 is 2.97. The third kappa shape index (κ3) is 4.64. The second kappa shape index (κ2) is 7.33. The van der Waals surface area contributed by atoms with Crippen molar-refractivity contribution in [3.05, 3.63) is 38.5 Å². The van der Waals surface area contributed by atoms with Crippen LogP contribution in [0, 0.1) is 0 Å². The Morgan fingerprint density at radius 2 is 2.24 bits per heavy atom. The summed E-state index contributed by atoms with van der Waals surface area (Å²) in [5.74, 6) is -1.14. The first-order chi connectivity index (χ1) is 10.1. The fourth-order valence-corrected chi connectivity index (χ4v) is 3.41. The maximum Gasteiger partial charge on any atom is 0.305 e. The topological polar surface area (TPSA) is 79.3 Å². The van der Waals surface area contributed by atoms with E-state index in [0.717, 1.165) is 22.0 Å². The number of nitrogens with one attached hydrogen (secondary N) is 1. The van der Waals surface area contributed by atoms with Crippen LogP contribution in [0.1, 0.15) is 35.0 Å². The van der Waals surface area contributed by atoms with E-state index in [1.807, 2.05) is 29.8 Å². The summed E-state index contributed by atoms with van der Waals surface area (Å²) in [6.45, 7) is 2.02. The second-order valence-corrected chi connectivity index (χ2v) is 6.42. The van der Waals surface area contributed by atoms with E-state index in [2.05, 4.69) is 10.3 Å². The molecule has 0 fully saturated rings. The van der Waals surface area contributed by atoms with Crippen LogP contribution in [0.5, 0.6) is 0 Å². The van der Waals surface area contributed by atoms with Gasteiger partial charge in [0.25, 0.3) is 0 Å². The first kappa shape index (κ1) is 15.7. The average molecular weight is 324 g/mol. The van der Waals surface area contributed by atoms with Gasteiger partial charge >= 0.3 is 5.97 Å². The number of carboxylic acids is 1. The molecular formula is C14H16N2O3S2. The van der Waals surface area contributed by atoms with Gasteiger partial charge in [0.15, 0.2) is 0 Å². The van der Waals surface area contributed by atoms with Gasteiger partial charge in [0.2, 0.25) is 5.91 Å². The molecule has 0 aromatic carbocycles. The molecule has 112 valence electrons. The van der Waals surface area contributed by atoms with E-state index in [4.69, 9.17) is 5.11 Å². The summed E-state index contributed by atoms with van der Waals surface area (Å²) in [4.78, 5) is 28.2. The van der Waals surface area contributed by atoms with Crippen LogP contribution in [-0.2, 0) is 22.4 Å². The molecule has 7 heteroatoms. The first-order valence-electron chi connectivity index (χ1n) is 6.56. The predicted octanol–water partition coefficient (Wildman–Crippen LogP) is 2.64. The molecule has 0 aliphatic rings. The lowest BCUT2D eigenvalue weighted by atomic mass is 10.1. The molecule has 21 heavy (non-hydrogen) atoms. The molecule has 0 radical (unpaired) electrons. The number of aryl methyl sites for hydroxylation is 1. The van der Waals surface area contributed by atoms with E-state index < -0.39 is 12.0 Å². The van der Waals surface area contributed by atoms with Gasteiger partial charge in [-0.25, -0.2) is 4.98 Å². The Balaban J connectivity index is 1.99. The minimum Gasteiger partial charge on any atom is -0.481 e. The van der Waals surface area contributed by atoms with Crippen LogP contribution in [0.25, 0.3) is 0 Å². The number of aromatic nitrogens is 1. The Morgan fingerprint density at radius 3 is 2.81 bits per heavy atom. The van der Waals surface area contributed by atoms with Gasteiger partial charge in [-0.05, 0) is 17.9 Å². The molecule has 0 spiro atoms. The van der Waals surface area contributed by atoms with Gasteiger partial charge < -0.3 is 10.4 Å². The van der Waals surface area contributed by atoms with Crippen molar-refractivity contribution >= 4 is 34.6 Å². The highest BCUT2D eigenvalue weighted by Crippen LogP contribution is 2.22. The summed E-state index contributed by atoms with van der Waals surface area (Å²) in [5, 5.41) is 16.5. The number of thiazole rings is 1. The number of aliphatic carboxylic acids is 1. The summed E-state index contributed by atoms with van der Waals surface area (Å²) in [7, 11) is 0. The summed E-state index contributed by atoms with van der Waals surface area (Å²) in [5.41, 5.74) is 0.731. The van der Waals surface area contributed by atoms with Gasteiger partial charge in [-0.1, -0.05) is 13.0 Å². The van der Waals surface area contributed by atoms with Crippen molar-refractivity contribution in [1.82, 2.24) is 10.3 Å². The number of thiophene rings is 1. The third-order valence-corrected chi connectivity index (χ3v) is 4.87. The molecule has 0 aliphatic carbocycles. The maximum atomic E-state index is 12.1. The summed E-state index contributed by atoms with van der Waals surface area (Å²) < 4.78 is 0. The number of carbonyl (C=O) groups excluding carboxylic acids is 1. The SMILES string of the molecule is CCc1nc(CC(=O)N[C@@H](CC(=O)O)c2cccs2)cs1. The summed E-state index contributed by atoms with van der Waals surface area (Å²) in [6, 6.07) is 3.19. The van der Waals surface area contributed by atoms with E-state index >= 15 is 0 Å². The van der Waals surface area contributed by atoms with E-state index in [1.54, 1.807) is 0 Å². The Hall–Kier alpha value is -1.73. The zero-order valence-electron chi connectivity index (χ0n) is 11.5. The number of carboxylic acid groups (broad SMARTS) is 1. The highest BCUT2D eigenvalue weighted by atomic mass is 32.1. The molecule has 2 rings (SSSR count). The molecule has 2 N–H and O–H groups in total. The monoisotopic (exact) mass is 324 g/mol. The number of hydrogen-bond acceptors (Lipinski definition) is 5. The second-order valence-electron chi connectivity index (χ2n) is 4.50. The number of amides is 1. The number of nitrogens with zero attached hydrogens (tertiary/aromatic N) is 1. The van der Waals surface area contributed by atoms with Crippen LogP contribution in [0.15, 0.2) is 22.9 Å². The summed E-state index contributed by atoms with van der Waals surface area (Å²) in [6.07, 6.45) is 0.907. The largest absolute Gasteiger partial charge is 0.481 e. The van der Waals surface area contributed by atoms with Crippen molar-refractivity contribution in [3.8, 4) is 0 Å². The lowest BCUT2D eigenvalue weighted by Gasteiger charge is -2.15. The standard InChI is InChI=1S/C14H16N2O3S2/c1-2-13-15-9(8-21-13)6-12(17)16-10(7-14(18)19)11-4-3-5-20-11/h3-5,8,10H,2,6-7H2,1H3,(H,16,17)(H,18,19)/t10-/m0/s1. The van der Waals surface area contributed by atoms with Gasteiger partial charge in [-0.2, -0.15) is 0 Å². The Morgan fingerprint density at radius 1 is 1.43 bits per heavy atom. The third-order valence-electron chi connectivity index (χ3n) is 2.84. The van der Waals surface area contributed by atoms with Gasteiger partial charge in [-0.15, -0.1) is 22.7 Å². The Labute approximate surface area is 130 Å². The minimum absolute atomic E-state index is 0.121. The van der Waals surface area contributed by atoms with E-state index in [0.29, 0.717) is 0 Å². The zero-order chi connectivity index (χ0) is 15.2. The Kier molecular flexibility index (Phi) is 5.46. The molecule has 2 aromatic heterocycles. The van der Waals surface area contributed by atoms with Crippen LogP contribution >= 0.6 is 22.7 Å². The lowest BCUT2D eigenvalue weighted by Crippen LogP contribution is -2.31. The van der Waals surface area contributed by atoms with Gasteiger partial charge in [0.05, 0.1) is 29.6 Å². The highest BCUT2D eigenvalue weighted by molar-refractivity contribution is 7.10. The molecule has 0 bridgehead atoms. The smallest absolute Gasteiger partial charge is 0.305 e. The molecular weight excluding hydrogens is 308 g/mol. The van der Waals surface area contributed by atoms with Crippen molar-refractivity contribution in [3.63, 3.8) is 0 Å². The van der Waals surface area contributed by atoms with Gasteiger partial charge in [-0.3, -0.25) is 9.59 Å². The quantitative estimate of drug-likeness (QED) is 0.820. The fourth-order valence-electron chi connectivity index (χ4n) is 1.89. The van der Waals surface area contributed by atoms with Crippen molar-refractivity contribution < 1.29 is 14.7 Å². The van der Waals surface area contributed by atoms with Crippen LogP contribution in [0.4, 0.5) is 0 Å². The van der Waals surface area contributed by atoms with Crippen molar-refractivity contribution in [2.45, 2.75) is 32.2 Å². The molecule has 1 amide bonds. The minimum atomic E-state index is -0.935. The number of carbonyl (C=O) groups is 2. The normalized spacial score (nSPS) is 12.0. The van der Waals surface area contributed by atoms with Crippen LogP contribution in [0.2, 0.25) is 0 Å². The molecule has 2 aromatic rings. The molecule has 0 aliphatic heterocycles. The van der Waals surface area contributed by atoms with Crippen molar-refractivity contribution in [1.29, 1.82) is 0 Å². The van der Waals surface area contributed by atoms with Gasteiger partial charge in [0.1, 0.15) is 0 Å². The molecule has 0 unspecified atom stereocenters. The van der Waals surface area contributed by atoms with Crippen LogP contribution in [0.3, 0.4) is 0 Å². The lowest BCUT2D eigenvalue weighted by molar-refractivity contribution is -0.137. The van der Waals surface area contributed by atoms with E-state index in [1.165, 1.54) is 22.7 Å². The van der Waals surface area contributed by atoms with Gasteiger partial charge in [0, 0.05) is 10.3 Å². The Bertz CT molecular complexity index is 608. The predicted molar refractivity (Wildman–Crippen MR) is 82.7 cm³/mol. The van der Waals surface area contributed by atoms with E-state index in [9.17, 15) is 9.59 Å². The molecule has 1 atom stereocenters. The van der Waals surface area contributed by atoms with Crippen LogP contribution < -0.4 is 5.32 Å². The number of hydrogen-bond donors (Lipinski definition) is 2.